The molecule has 1 aromatic rings. The van der Waals surface area contributed by atoms with Crippen LogP contribution in [-0.4, -0.2) is 11.7 Å². The lowest BCUT2D eigenvalue weighted by atomic mass is 9.93. The van der Waals surface area contributed by atoms with E-state index in [9.17, 15) is 5.11 Å². The maximum atomic E-state index is 10.7. The SMILES string of the molecule is C/C=C(\OCC)[C@@]1(O)CCc2ccccc21. The van der Waals surface area contributed by atoms with Crippen LogP contribution in [0.2, 0.25) is 0 Å². The van der Waals surface area contributed by atoms with Gasteiger partial charge in [-0.3, -0.25) is 0 Å². The zero-order chi connectivity index (χ0) is 11.6. The molecule has 1 aliphatic carbocycles. The van der Waals surface area contributed by atoms with Gasteiger partial charge in [0.1, 0.15) is 11.4 Å². The number of fused-ring (bicyclic) bond motifs is 1. The van der Waals surface area contributed by atoms with Crippen LogP contribution in [0.25, 0.3) is 0 Å². The Bertz CT molecular complexity index is 409. The van der Waals surface area contributed by atoms with E-state index >= 15 is 0 Å². The Balaban J connectivity index is 2.41. The van der Waals surface area contributed by atoms with Gasteiger partial charge in [-0.05, 0) is 43.9 Å². The first-order valence-corrected chi connectivity index (χ1v) is 5.82. The van der Waals surface area contributed by atoms with Crippen LogP contribution in [0.15, 0.2) is 36.1 Å². The maximum Gasteiger partial charge on any atom is 0.147 e. The van der Waals surface area contributed by atoms with E-state index in [1.54, 1.807) is 0 Å². The second kappa shape index (κ2) is 4.30. The van der Waals surface area contributed by atoms with Gasteiger partial charge in [-0.2, -0.15) is 0 Å². The number of benzene rings is 1. The molecule has 1 aromatic carbocycles. The zero-order valence-electron chi connectivity index (χ0n) is 9.86. The van der Waals surface area contributed by atoms with Crippen molar-refractivity contribution in [3.05, 3.63) is 47.2 Å². The van der Waals surface area contributed by atoms with Crippen molar-refractivity contribution >= 4 is 0 Å². The van der Waals surface area contributed by atoms with Gasteiger partial charge in [-0.15, -0.1) is 0 Å². The van der Waals surface area contributed by atoms with E-state index < -0.39 is 5.60 Å². The molecule has 0 unspecified atom stereocenters. The number of hydrogen-bond acceptors (Lipinski definition) is 2. The van der Waals surface area contributed by atoms with E-state index in [1.807, 2.05) is 38.1 Å². The molecule has 86 valence electrons. The van der Waals surface area contributed by atoms with Gasteiger partial charge in [0.25, 0.3) is 0 Å². The molecule has 1 N–H and O–H groups in total. The van der Waals surface area contributed by atoms with E-state index in [0.717, 1.165) is 12.0 Å². The topological polar surface area (TPSA) is 29.5 Å². The molecule has 0 amide bonds. The number of ether oxygens (including phenoxy) is 1. The van der Waals surface area contributed by atoms with E-state index in [0.29, 0.717) is 18.8 Å². The van der Waals surface area contributed by atoms with Crippen LogP contribution < -0.4 is 0 Å². The van der Waals surface area contributed by atoms with Crippen LogP contribution in [0.1, 0.15) is 31.4 Å². The molecular formula is C14H18O2. The van der Waals surface area contributed by atoms with Gasteiger partial charge in [-0.25, -0.2) is 0 Å². The third-order valence-corrected chi connectivity index (χ3v) is 3.19. The first-order valence-electron chi connectivity index (χ1n) is 5.82. The molecule has 0 heterocycles. The Morgan fingerprint density at radius 1 is 1.50 bits per heavy atom. The third kappa shape index (κ3) is 1.63. The molecule has 16 heavy (non-hydrogen) atoms. The summed E-state index contributed by atoms with van der Waals surface area (Å²) in [6.45, 7) is 4.43. The van der Waals surface area contributed by atoms with Gasteiger partial charge in [0.15, 0.2) is 0 Å². The van der Waals surface area contributed by atoms with Crippen molar-refractivity contribution in [2.45, 2.75) is 32.3 Å². The highest BCUT2D eigenvalue weighted by Gasteiger charge is 2.40. The molecule has 1 aliphatic rings. The lowest BCUT2D eigenvalue weighted by Crippen LogP contribution is -2.26. The van der Waals surface area contributed by atoms with Crippen molar-refractivity contribution in [1.82, 2.24) is 0 Å². The molecule has 2 nitrogen and oxygen atoms in total. The minimum atomic E-state index is -0.915. The summed E-state index contributed by atoms with van der Waals surface area (Å²) in [5.74, 6) is 0.681. The smallest absolute Gasteiger partial charge is 0.147 e. The number of aryl methyl sites for hydroxylation is 1. The van der Waals surface area contributed by atoms with Crippen LogP contribution in [-0.2, 0) is 16.8 Å². The Morgan fingerprint density at radius 3 is 2.94 bits per heavy atom. The largest absolute Gasteiger partial charge is 0.495 e. The molecule has 0 saturated heterocycles. The number of rotatable bonds is 3. The molecule has 0 spiro atoms. The number of allylic oxidation sites excluding steroid dienone is 1. The lowest BCUT2D eigenvalue weighted by Gasteiger charge is -2.26. The number of hydrogen-bond donors (Lipinski definition) is 1. The molecule has 0 radical (unpaired) electrons. The fraction of sp³-hybridized carbons (Fsp3) is 0.429. The molecule has 1 atom stereocenters. The van der Waals surface area contributed by atoms with Crippen LogP contribution in [0.5, 0.6) is 0 Å². The average Bonchev–Trinajstić information content (AvgIpc) is 2.66. The normalized spacial score (nSPS) is 24.3. The first-order chi connectivity index (χ1) is 7.72. The van der Waals surface area contributed by atoms with Gasteiger partial charge in [0.2, 0.25) is 0 Å². The molecule has 0 bridgehead atoms. The predicted molar refractivity (Wildman–Crippen MR) is 64.0 cm³/mol. The minimum absolute atomic E-state index is 0.587. The van der Waals surface area contributed by atoms with E-state index in [-0.39, 0.29) is 0 Å². The van der Waals surface area contributed by atoms with E-state index in [2.05, 4.69) is 6.07 Å². The van der Waals surface area contributed by atoms with Crippen LogP contribution in [0.4, 0.5) is 0 Å². The van der Waals surface area contributed by atoms with E-state index in [1.165, 1.54) is 5.56 Å². The maximum absolute atomic E-state index is 10.7. The van der Waals surface area contributed by atoms with Crippen molar-refractivity contribution in [3.63, 3.8) is 0 Å². The molecule has 2 heteroatoms. The van der Waals surface area contributed by atoms with Crippen molar-refractivity contribution in [3.8, 4) is 0 Å². The summed E-state index contributed by atoms with van der Waals surface area (Å²) < 4.78 is 5.55. The summed E-state index contributed by atoms with van der Waals surface area (Å²) in [7, 11) is 0. The van der Waals surface area contributed by atoms with Crippen molar-refractivity contribution in [2.24, 2.45) is 0 Å². The highest BCUT2D eigenvalue weighted by atomic mass is 16.5. The van der Waals surface area contributed by atoms with Gasteiger partial charge in [0.05, 0.1) is 6.61 Å². The molecule has 0 saturated carbocycles. The van der Waals surface area contributed by atoms with Crippen molar-refractivity contribution in [2.75, 3.05) is 6.61 Å². The third-order valence-electron chi connectivity index (χ3n) is 3.19. The van der Waals surface area contributed by atoms with E-state index in [4.69, 9.17) is 4.74 Å². The van der Waals surface area contributed by atoms with Gasteiger partial charge in [0, 0.05) is 0 Å². The summed E-state index contributed by atoms with van der Waals surface area (Å²) in [6.07, 6.45) is 3.49. The average molecular weight is 218 g/mol. The van der Waals surface area contributed by atoms with Gasteiger partial charge >= 0.3 is 0 Å². The minimum Gasteiger partial charge on any atom is -0.495 e. The quantitative estimate of drug-likeness (QED) is 0.790. The molecule has 0 aromatic heterocycles. The Hall–Kier alpha value is -1.28. The summed E-state index contributed by atoms with van der Waals surface area (Å²) in [5, 5.41) is 10.7. The Kier molecular flexibility index (Phi) is 3.01. The van der Waals surface area contributed by atoms with Crippen molar-refractivity contribution in [1.29, 1.82) is 0 Å². The van der Waals surface area contributed by atoms with Crippen LogP contribution in [0.3, 0.4) is 0 Å². The fourth-order valence-corrected chi connectivity index (χ4v) is 2.44. The Labute approximate surface area is 96.6 Å². The molecule has 0 aliphatic heterocycles. The molecule has 0 fully saturated rings. The summed E-state index contributed by atoms with van der Waals surface area (Å²) in [4.78, 5) is 0. The first kappa shape index (κ1) is 11.2. The molecule has 2 rings (SSSR count). The van der Waals surface area contributed by atoms with Crippen LogP contribution >= 0.6 is 0 Å². The summed E-state index contributed by atoms with van der Waals surface area (Å²) in [5.41, 5.74) is 1.31. The second-order valence-corrected chi connectivity index (χ2v) is 4.10. The lowest BCUT2D eigenvalue weighted by molar-refractivity contribution is 0.0101. The zero-order valence-corrected chi connectivity index (χ0v) is 9.86. The second-order valence-electron chi connectivity index (χ2n) is 4.10. The van der Waals surface area contributed by atoms with Crippen LogP contribution in [0, 0.1) is 0 Å². The molecular weight excluding hydrogens is 200 g/mol. The number of aliphatic hydroxyl groups is 1. The highest BCUT2D eigenvalue weighted by Crippen LogP contribution is 2.42. The fourth-order valence-electron chi connectivity index (χ4n) is 2.44. The predicted octanol–water partition coefficient (Wildman–Crippen LogP) is 2.76. The Morgan fingerprint density at radius 2 is 2.25 bits per heavy atom. The standard InChI is InChI=1S/C14H18O2/c1-3-13(16-4-2)14(15)10-9-11-7-5-6-8-12(11)14/h3,5-8,15H,4,9-10H2,1-2H3/b13-3-/t14-/m1/s1. The summed E-state index contributed by atoms with van der Waals surface area (Å²) in [6, 6.07) is 8.05. The van der Waals surface area contributed by atoms with Crippen molar-refractivity contribution < 1.29 is 9.84 Å². The monoisotopic (exact) mass is 218 g/mol. The summed E-state index contributed by atoms with van der Waals surface area (Å²) >= 11 is 0. The highest BCUT2D eigenvalue weighted by molar-refractivity contribution is 5.42. The van der Waals surface area contributed by atoms with Gasteiger partial charge in [-0.1, -0.05) is 24.3 Å². The van der Waals surface area contributed by atoms with Gasteiger partial charge < -0.3 is 9.84 Å².